The van der Waals surface area contributed by atoms with Gasteiger partial charge in [-0.2, -0.15) is 0 Å². The fourth-order valence-corrected chi connectivity index (χ4v) is 3.61. The molecule has 7 nitrogen and oxygen atoms in total. The van der Waals surface area contributed by atoms with Gasteiger partial charge >= 0.3 is 0 Å². The average Bonchev–Trinajstić information content (AvgIpc) is 3.18. The predicted octanol–water partition coefficient (Wildman–Crippen LogP) is 2.23. The maximum absolute atomic E-state index is 13.0. The third-order valence-electron chi connectivity index (χ3n) is 5.10. The van der Waals surface area contributed by atoms with Crippen molar-refractivity contribution in [1.82, 2.24) is 20.2 Å². The van der Waals surface area contributed by atoms with E-state index >= 15 is 0 Å². The highest BCUT2D eigenvalue weighted by atomic mass is 19.1. The van der Waals surface area contributed by atoms with E-state index in [-0.39, 0.29) is 12.2 Å². The molecular formula is C16H18FN5O2. The molecular weight excluding hydrogens is 313 g/mol. The van der Waals surface area contributed by atoms with Crippen molar-refractivity contribution in [3.8, 4) is 0 Å². The van der Waals surface area contributed by atoms with Gasteiger partial charge in [0.05, 0.1) is 18.5 Å². The standard InChI is InChI=1S/C16H18FN5O2/c17-11-6-18-16(19-7-11)22-4-3-10-5-12(23-13(10)8-22)15-21-20-14(24-15)9-1-2-9/h6-7,9-10,12-13H,1-5,8H2/t10-,12-,13+/m0/s1. The zero-order chi connectivity index (χ0) is 16.1. The van der Waals surface area contributed by atoms with Crippen LogP contribution < -0.4 is 4.90 Å². The summed E-state index contributed by atoms with van der Waals surface area (Å²) in [4.78, 5) is 10.2. The lowest BCUT2D eigenvalue weighted by molar-refractivity contribution is 0.0183. The monoisotopic (exact) mass is 331 g/mol. The quantitative estimate of drug-likeness (QED) is 0.853. The Hall–Kier alpha value is -2.09. The van der Waals surface area contributed by atoms with Gasteiger partial charge < -0.3 is 14.1 Å². The van der Waals surface area contributed by atoms with Crippen molar-refractivity contribution in [2.75, 3.05) is 18.0 Å². The molecule has 126 valence electrons. The number of anilines is 1. The summed E-state index contributed by atoms with van der Waals surface area (Å²) < 4.78 is 24.9. The highest BCUT2D eigenvalue weighted by Gasteiger charge is 2.42. The average molecular weight is 331 g/mol. The number of hydrogen-bond donors (Lipinski definition) is 0. The molecule has 1 saturated carbocycles. The summed E-state index contributed by atoms with van der Waals surface area (Å²) in [6.45, 7) is 1.55. The second kappa shape index (κ2) is 5.47. The van der Waals surface area contributed by atoms with Crippen LogP contribution in [0.25, 0.3) is 0 Å². The number of piperidine rings is 1. The van der Waals surface area contributed by atoms with Crippen molar-refractivity contribution in [3.63, 3.8) is 0 Å². The zero-order valence-electron chi connectivity index (χ0n) is 13.1. The molecule has 5 rings (SSSR count). The van der Waals surface area contributed by atoms with Gasteiger partial charge in [0.15, 0.2) is 5.82 Å². The molecule has 0 aromatic carbocycles. The minimum absolute atomic E-state index is 0.0914. The Morgan fingerprint density at radius 3 is 2.67 bits per heavy atom. The fraction of sp³-hybridized carbons (Fsp3) is 0.625. The van der Waals surface area contributed by atoms with Crippen molar-refractivity contribution in [2.45, 2.75) is 43.8 Å². The molecule has 4 heterocycles. The molecule has 3 atom stereocenters. The number of halogens is 1. The van der Waals surface area contributed by atoms with Gasteiger partial charge in [0.25, 0.3) is 0 Å². The van der Waals surface area contributed by atoms with Crippen LogP contribution in [0.4, 0.5) is 10.3 Å². The van der Waals surface area contributed by atoms with Crippen LogP contribution in [-0.2, 0) is 4.74 Å². The lowest BCUT2D eigenvalue weighted by Crippen LogP contribution is -2.43. The van der Waals surface area contributed by atoms with E-state index in [0.717, 1.165) is 38.1 Å². The van der Waals surface area contributed by atoms with Crippen molar-refractivity contribution in [1.29, 1.82) is 0 Å². The second-order valence-corrected chi connectivity index (χ2v) is 6.85. The van der Waals surface area contributed by atoms with Gasteiger partial charge in [0, 0.05) is 19.0 Å². The molecule has 24 heavy (non-hydrogen) atoms. The minimum Gasteiger partial charge on any atom is -0.422 e. The summed E-state index contributed by atoms with van der Waals surface area (Å²) >= 11 is 0. The highest BCUT2D eigenvalue weighted by molar-refractivity contribution is 5.30. The first kappa shape index (κ1) is 14.3. The van der Waals surface area contributed by atoms with Gasteiger partial charge in [-0.1, -0.05) is 0 Å². The van der Waals surface area contributed by atoms with Crippen LogP contribution >= 0.6 is 0 Å². The van der Waals surface area contributed by atoms with Crippen LogP contribution in [0, 0.1) is 11.7 Å². The molecule has 0 N–H and O–H groups in total. The molecule has 0 bridgehead atoms. The molecule has 2 saturated heterocycles. The maximum atomic E-state index is 13.0. The zero-order valence-corrected chi connectivity index (χ0v) is 13.1. The molecule has 2 aromatic heterocycles. The highest BCUT2D eigenvalue weighted by Crippen LogP contribution is 2.43. The first-order valence-corrected chi connectivity index (χ1v) is 8.47. The van der Waals surface area contributed by atoms with Gasteiger partial charge in [-0.15, -0.1) is 10.2 Å². The number of rotatable bonds is 3. The Morgan fingerprint density at radius 2 is 1.88 bits per heavy atom. The van der Waals surface area contributed by atoms with Crippen molar-refractivity contribution in [2.24, 2.45) is 5.92 Å². The smallest absolute Gasteiger partial charge is 0.245 e. The van der Waals surface area contributed by atoms with Crippen molar-refractivity contribution in [3.05, 3.63) is 30.0 Å². The van der Waals surface area contributed by atoms with E-state index in [1.165, 1.54) is 12.4 Å². The van der Waals surface area contributed by atoms with E-state index in [0.29, 0.717) is 30.2 Å². The fourth-order valence-electron chi connectivity index (χ4n) is 3.61. The number of hydrogen-bond acceptors (Lipinski definition) is 7. The molecule has 2 aliphatic heterocycles. The summed E-state index contributed by atoms with van der Waals surface area (Å²) in [5.41, 5.74) is 0. The molecule has 0 amide bonds. The van der Waals surface area contributed by atoms with Gasteiger partial charge in [-0.05, 0) is 31.6 Å². The second-order valence-electron chi connectivity index (χ2n) is 6.85. The van der Waals surface area contributed by atoms with Crippen molar-refractivity contribution < 1.29 is 13.5 Å². The topological polar surface area (TPSA) is 77.2 Å². The van der Waals surface area contributed by atoms with Crippen LogP contribution in [-0.4, -0.2) is 39.4 Å². The summed E-state index contributed by atoms with van der Waals surface area (Å²) in [5, 5.41) is 8.33. The molecule has 0 radical (unpaired) electrons. The number of fused-ring (bicyclic) bond motifs is 1. The first-order valence-electron chi connectivity index (χ1n) is 8.47. The molecule has 1 aliphatic carbocycles. The molecule has 0 spiro atoms. The molecule has 0 unspecified atom stereocenters. The summed E-state index contributed by atoms with van der Waals surface area (Å²) in [7, 11) is 0. The van der Waals surface area contributed by atoms with E-state index in [4.69, 9.17) is 9.15 Å². The van der Waals surface area contributed by atoms with Crippen LogP contribution in [0.5, 0.6) is 0 Å². The number of ether oxygens (including phenoxy) is 1. The largest absolute Gasteiger partial charge is 0.422 e. The third kappa shape index (κ3) is 2.54. The van der Waals surface area contributed by atoms with E-state index < -0.39 is 5.82 Å². The molecule has 3 aliphatic rings. The van der Waals surface area contributed by atoms with E-state index in [1.54, 1.807) is 0 Å². The Morgan fingerprint density at radius 1 is 1.08 bits per heavy atom. The summed E-state index contributed by atoms with van der Waals surface area (Å²) in [6.07, 6.45) is 6.56. The Bertz CT molecular complexity index is 732. The lowest BCUT2D eigenvalue weighted by atomic mass is 9.92. The van der Waals surface area contributed by atoms with Crippen LogP contribution in [0.3, 0.4) is 0 Å². The molecule has 8 heteroatoms. The summed E-state index contributed by atoms with van der Waals surface area (Å²) in [6, 6.07) is 0. The van der Waals surface area contributed by atoms with Crippen LogP contribution in [0.15, 0.2) is 16.8 Å². The normalized spacial score (nSPS) is 29.7. The maximum Gasteiger partial charge on any atom is 0.245 e. The Labute approximate surface area is 138 Å². The lowest BCUT2D eigenvalue weighted by Gasteiger charge is -2.33. The third-order valence-corrected chi connectivity index (χ3v) is 5.10. The van der Waals surface area contributed by atoms with E-state index in [9.17, 15) is 4.39 Å². The van der Waals surface area contributed by atoms with Crippen LogP contribution in [0.1, 0.15) is 49.5 Å². The Kier molecular flexibility index (Phi) is 3.26. The van der Waals surface area contributed by atoms with Crippen LogP contribution in [0.2, 0.25) is 0 Å². The predicted molar refractivity (Wildman–Crippen MR) is 80.8 cm³/mol. The Balaban J connectivity index is 1.28. The molecule has 3 fully saturated rings. The van der Waals surface area contributed by atoms with E-state index in [1.807, 2.05) is 4.90 Å². The van der Waals surface area contributed by atoms with Gasteiger partial charge in [0.2, 0.25) is 17.7 Å². The van der Waals surface area contributed by atoms with Gasteiger partial charge in [-0.25, -0.2) is 14.4 Å². The minimum atomic E-state index is -0.423. The van der Waals surface area contributed by atoms with Gasteiger partial charge in [0.1, 0.15) is 6.10 Å². The summed E-state index contributed by atoms with van der Waals surface area (Å²) in [5.74, 6) is 2.43. The number of nitrogens with zero attached hydrogens (tertiary/aromatic N) is 5. The first-order chi connectivity index (χ1) is 11.8. The number of aromatic nitrogens is 4. The molecule has 2 aromatic rings. The van der Waals surface area contributed by atoms with E-state index in [2.05, 4.69) is 20.2 Å². The van der Waals surface area contributed by atoms with Gasteiger partial charge in [-0.3, -0.25) is 0 Å². The SMILES string of the molecule is Fc1cnc(N2CC[C@H]3C[C@@H](c4nnc(C5CC5)o4)O[C@@H]3C2)nc1. The van der Waals surface area contributed by atoms with Crippen molar-refractivity contribution >= 4 is 5.95 Å².